The van der Waals surface area contributed by atoms with Crippen LogP contribution in [0.2, 0.25) is 0 Å². The first-order valence-corrected chi connectivity index (χ1v) is 10.2. The first-order valence-electron chi connectivity index (χ1n) is 8.66. The summed E-state index contributed by atoms with van der Waals surface area (Å²) in [7, 11) is -3.60. The van der Waals surface area contributed by atoms with Crippen molar-refractivity contribution in [2.24, 2.45) is 5.14 Å². The second kappa shape index (κ2) is 10.8. The van der Waals surface area contributed by atoms with Crippen molar-refractivity contribution < 1.29 is 8.42 Å². The van der Waals surface area contributed by atoms with E-state index >= 15 is 0 Å². The summed E-state index contributed by atoms with van der Waals surface area (Å²) in [4.78, 5) is 0.283. The molecule has 0 unspecified atom stereocenters. The quantitative estimate of drug-likeness (QED) is 0.561. The number of hydrogen-bond acceptors (Lipinski definition) is 2. The molecule has 0 aliphatic carbocycles. The second-order valence-electron chi connectivity index (χ2n) is 6.08. The van der Waals surface area contributed by atoms with E-state index in [1.54, 1.807) is 12.1 Å². The summed E-state index contributed by atoms with van der Waals surface area (Å²) in [6, 6.07) is 7.07. The van der Waals surface area contributed by atoms with Gasteiger partial charge >= 0.3 is 0 Å². The number of hydrogen-bond donors (Lipinski definition) is 1. The monoisotopic (exact) mass is 325 g/mol. The summed E-state index contributed by atoms with van der Waals surface area (Å²) in [6.07, 6.45) is 13.6. The normalized spacial score (nSPS) is 11.7. The Labute approximate surface area is 136 Å². The number of benzene rings is 1. The largest absolute Gasteiger partial charge is 0.238 e. The van der Waals surface area contributed by atoms with Gasteiger partial charge in [-0.1, -0.05) is 82.9 Å². The summed E-state index contributed by atoms with van der Waals surface area (Å²) >= 11 is 0. The fraction of sp³-hybridized carbons (Fsp3) is 0.667. The highest BCUT2D eigenvalue weighted by atomic mass is 32.2. The third-order valence-electron chi connectivity index (χ3n) is 4.08. The lowest BCUT2D eigenvalue weighted by atomic mass is 10.0. The highest BCUT2D eigenvalue weighted by Crippen LogP contribution is 2.17. The Balaban J connectivity index is 2.16. The average Bonchev–Trinajstić information content (AvgIpc) is 2.48. The summed E-state index contributed by atoms with van der Waals surface area (Å²) < 4.78 is 23.0. The molecule has 126 valence electrons. The Bertz CT molecular complexity index is 512. The molecule has 0 atom stereocenters. The number of rotatable bonds is 12. The molecule has 1 aromatic rings. The summed E-state index contributed by atoms with van der Waals surface area (Å²) in [5.41, 5.74) is 0.851. The Morgan fingerprint density at radius 3 is 1.86 bits per heavy atom. The van der Waals surface area contributed by atoms with Gasteiger partial charge in [0.25, 0.3) is 0 Å². The summed E-state index contributed by atoms with van der Waals surface area (Å²) in [5.74, 6) is 0. The second-order valence-corrected chi connectivity index (χ2v) is 7.61. The molecule has 0 heterocycles. The average molecular weight is 326 g/mol. The zero-order chi connectivity index (χ0) is 16.3. The number of primary sulfonamides is 1. The standard InChI is InChI=1S/C18H31NO2S/c1-2-3-4-5-6-7-8-9-10-11-14-17-15-12-13-16-18(17)22(19,20)21/h12-13,15-16H,2-11,14H2,1H3,(H2,19,20,21). The fourth-order valence-electron chi connectivity index (χ4n) is 2.79. The molecule has 2 N–H and O–H groups in total. The molecule has 22 heavy (non-hydrogen) atoms. The van der Waals surface area contributed by atoms with Crippen LogP contribution in [-0.2, 0) is 16.4 Å². The lowest BCUT2D eigenvalue weighted by molar-refractivity contribution is 0.555. The molecular formula is C18H31NO2S. The van der Waals surface area contributed by atoms with Gasteiger partial charge in [0.1, 0.15) is 0 Å². The van der Waals surface area contributed by atoms with E-state index < -0.39 is 10.0 Å². The van der Waals surface area contributed by atoms with Crippen LogP contribution in [0.25, 0.3) is 0 Å². The Hall–Kier alpha value is -0.870. The molecule has 0 spiro atoms. The van der Waals surface area contributed by atoms with Crippen molar-refractivity contribution in [1.29, 1.82) is 0 Å². The van der Waals surface area contributed by atoms with Crippen molar-refractivity contribution in [1.82, 2.24) is 0 Å². The van der Waals surface area contributed by atoms with Crippen LogP contribution in [0.5, 0.6) is 0 Å². The van der Waals surface area contributed by atoms with Gasteiger partial charge in [-0.15, -0.1) is 0 Å². The molecule has 0 saturated carbocycles. The molecule has 0 aliphatic heterocycles. The van der Waals surface area contributed by atoms with Gasteiger partial charge in [-0.3, -0.25) is 0 Å². The smallest absolute Gasteiger partial charge is 0.225 e. The molecule has 0 saturated heterocycles. The molecule has 0 amide bonds. The van der Waals surface area contributed by atoms with Gasteiger partial charge < -0.3 is 0 Å². The van der Waals surface area contributed by atoms with E-state index in [4.69, 9.17) is 5.14 Å². The highest BCUT2D eigenvalue weighted by Gasteiger charge is 2.12. The van der Waals surface area contributed by atoms with E-state index in [0.717, 1.165) is 24.8 Å². The van der Waals surface area contributed by atoms with E-state index in [0.29, 0.717) is 0 Å². The predicted molar refractivity (Wildman–Crippen MR) is 93.4 cm³/mol. The zero-order valence-electron chi connectivity index (χ0n) is 13.9. The van der Waals surface area contributed by atoms with E-state index in [1.165, 1.54) is 51.4 Å². The maximum Gasteiger partial charge on any atom is 0.238 e. The van der Waals surface area contributed by atoms with E-state index in [-0.39, 0.29) is 4.90 Å². The predicted octanol–water partition coefficient (Wildman–Crippen LogP) is 4.80. The fourth-order valence-corrected chi connectivity index (χ4v) is 3.59. The molecule has 4 heteroatoms. The van der Waals surface area contributed by atoms with Crippen molar-refractivity contribution in [3.05, 3.63) is 29.8 Å². The molecule has 3 nitrogen and oxygen atoms in total. The van der Waals surface area contributed by atoms with Gasteiger partial charge in [0, 0.05) is 0 Å². The van der Waals surface area contributed by atoms with E-state index in [2.05, 4.69) is 6.92 Å². The maximum atomic E-state index is 11.5. The van der Waals surface area contributed by atoms with Crippen LogP contribution in [0.3, 0.4) is 0 Å². The SMILES string of the molecule is CCCCCCCCCCCCc1ccccc1S(N)(=O)=O. The van der Waals surface area contributed by atoms with Crippen molar-refractivity contribution >= 4 is 10.0 Å². The number of unbranched alkanes of at least 4 members (excludes halogenated alkanes) is 9. The first kappa shape index (κ1) is 19.2. The van der Waals surface area contributed by atoms with Crippen molar-refractivity contribution in [3.8, 4) is 0 Å². The Morgan fingerprint density at radius 1 is 0.818 bits per heavy atom. The van der Waals surface area contributed by atoms with E-state index in [1.807, 2.05) is 12.1 Å². The third-order valence-corrected chi connectivity index (χ3v) is 5.09. The molecular weight excluding hydrogens is 294 g/mol. The van der Waals surface area contributed by atoms with Gasteiger partial charge in [0.15, 0.2) is 0 Å². The lowest BCUT2D eigenvalue weighted by Crippen LogP contribution is -2.14. The topological polar surface area (TPSA) is 60.2 Å². The van der Waals surface area contributed by atoms with Gasteiger partial charge in [-0.25, -0.2) is 13.6 Å². The minimum Gasteiger partial charge on any atom is -0.225 e. The minimum atomic E-state index is -3.60. The van der Waals surface area contributed by atoms with Gasteiger partial charge in [-0.05, 0) is 24.5 Å². The molecule has 1 rings (SSSR count). The van der Waals surface area contributed by atoms with Gasteiger partial charge in [0.05, 0.1) is 4.90 Å². The molecule has 0 fully saturated rings. The van der Waals surface area contributed by atoms with Crippen LogP contribution in [0.4, 0.5) is 0 Å². The van der Waals surface area contributed by atoms with Crippen LogP contribution in [-0.4, -0.2) is 8.42 Å². The van der Waals surface area contributed by atoms with Crippen molar-refractivity contribution in [2.45, 2.75) is 82.4 Å². The van der Waals surface area contributed by atoms with Crippen LogP contribution < -0.4 is 5.14 Å². The molecule has 1 aromatic carbocycles. The first-order chi connectivity index (χ1) is 10.6. The van der Waals surface area contributed by atoms with Crippen molar-refractivity contribution in [2.75, 3.05) is 0 Å². The number of aryl methyl sites for hydroxylation is 1. The van der Waals surface area contributed by atoms with Crippen LogP contribution in [0, 0.1) is 0 Å². The Kier molecular flexibility index (Phi) is 9.41. The van der Waals surface area contributed by atoms with Gasteiger partial charge in [-0.2, -0.15) is 0 Å². The molecule has 0 bridgehead atoms. The van der Waals surface area contributed by atoms with Gasteiger partial charge in [0.2, 0.25) is 10.0 Å². The highest BCUT2D eigenvalue weighted by molar-refractivity contribution is 7.89. The van der Waals surface area contributed by atoms with Crippen LogP contribution >= 0.6 is 0 Å². The number of sulfonamides is 1. The summed E-state index contributed by atoms with van der Waals surface area (Å²) in [5, 5.41) is 5.25. The maximum absolute atomic E-state index is 11.5. The van der Waals surface area contributed by atoms with Crippen molar-refractivity contribution in [3.63, 3.8) is 0 Å². The minimum absolute atomic E-state index is 0.283. The van der Waals surface area contributed by atoms with E-state index in [9.17, 15) is 8.42 Å². The summed E-state index contributed by atoms with van der Waals surface area (Å²) in [6.45, 7) is 2.24. The molecule has 0 radical (unpaired) electrons. The molecule has 0 aliphatic rings. The van der Waals surface area contributed by atoms with Crippen LogP contribution in [0.15, 0.2) is 29.2 Å². The molecule has 0 aromatic heterocycles. The third kappa shape index (κ3) is 7.95. The zero-order valence-corrected chi connectivity index (χ0v) is 14.7. The lowest BCUT2D eigenvalue weighted by Gasteiger charge is -2.07. The number of nitrogens with two attached hydrogens (primary N) is 1. The Morgan fingerprint density at radius 2 is 1.32 bits per heavy atom. The van der Waals surface area contributed by atoms with Crippen LogP contribution in [0.1, 0.15) is 76.7 Å².